The topological polar surface area (TPSA) is 49.8 Å². The van der Waals surface area contributed by atoms with Crippen LogP contribution in [0.25, 0.3) is 0 Å². The molecule has 110 valence electrons. The van der Waals surface area contributed by atoms with Crippen LogP contribution in [0.2, 0.25) is 0 Å². The Morgan fingerprint density at radius 3 is 2.55 bits per heavy atom. The van der Waals surface area contributed by atoms with E-state index in [1.165, 1.54) is 0 Å². The number of aryl methyl sites for hydroxylation is 1. The molecule has 1 N–H and O–H groups in total. The molecule has 4 nitrogen and oxygen atoms in total. The van der Waals surface area contributed by atoms with Gasteiger partial charge in [0.15, 0.2) is 0 Å². The van der Waals surface area contributed by atoms with Gasteiger partial charge in [0.1, 0.15) is 5.75 Å². The predicted molar refractivity (Wildman–Crippen MR) is 77.7 cm³/mol. The molecule has 1 unspecified atom stereocenters. The first kappa shape index (κ1) is 14.9. The Morgan fingerprint density at radius 2 is 2.05 bits per heavy atom. The third-order valence-electron chi connectivity index (χ3n) is 4.22. The molecule has 1 aliphatic rings. The fraction of sp³-hybridized carbons (Fsp3) is 0.562. The molecule has 1 atom stereocenters. The van der Waals surface area contributed by atoms with Crippen molar-refractivity contribution in [2.24, 2.45) is 0 Å². The lowest BCUT2D eigenvalue weighted by molar-refractivity contribution is -0.136. The van der Waals surface area contributed by atoms with Gasteiger partial charge in [0.2, 0.25) is 5.91 Å². The average Bonchev–Trinajstić information content (AvgIpc) is 2.71. The van der Waals surface area contributed by atoms with E-state index in [0.29, 0.717) is 25.8 Å². The summed E-state index contributed by atoms with van der Waals surface area (Å²) in [7, 11) is 1.64. The SMILES string of the molecule is COc1ccc(CCC(=O)N2CCC(O)C2(C)C)cc1. The van der Waals surface area contributed by atoms with Crippen molar-refractivity contribution in [3.8, 4) is 5.75 Å². The number of aliphatic hydroxyl groups excluding tert-OH is 1. The van der Waals surface area contributed by atoms with E-state index in [9.17, 15) is 9.90 Å². The number of nitrogens with zero attached hydrogens (tertiary/aromatic N) is 1. The summed E-state index contributed by atoms with van der Waals surface area (Å²) in [6, 6.07) is 7.78. The Hall–Kier alpha value is -1.55. The van der Waals surface area contributed by atoms with Gasteiger partial charge in [-0.2, -0.15) is 0 Å². The molecule has 0 aliphatic carbocycles. The van der Waals surface area contributed by atoms with Crippen LogP contribution in [0.1, 0.15) is 32.3 Å². The highest BCUT2D eigenvalue weighted by Crippen LogP contribution is 2.29. The van der Waals surface area contributed by atoms with Crippen LogP contribution in [0.3, 0.4) is 0 Å². The van der Waals surface area contributed by atoms with Gasteiger partial charge in [0.05, 0.1) is 18.8 Å². The van der Waals surface area contributed by atoms with E-state index in [1.54, 1.807) is 12.0 Å². The number of ether oxygens (including phenoxy) is 1. The van der Waals surface area contributed by atoms with E-state index in [1.807, 2.05) is 38.1 Å². The molecular formula is C16H23NO3. The van der Waals surface area contributed by atoms with E-state index in [-0.39, 0.29) is 5.91 Å². The Labute approximate surface area is 120 Å². The van der Waals surface area contributed by atoms with Crippen LogP contribution in [-0.4, -0.2) is 41.2 Å². The maximum absolute atomic E-state index is 12.3. The maximum atomic E-state index is 12.3. The minimum absolute atomic E-state index is 0.113. The van der Waals surface area contributed by atoms with Crippen LogP contribution in [0.5, 0.6) is 5.75 Å². The van der Waals surface area contributed by atoms with Crippen molar-refractivity contribution in [2.45, 2.75) is 44.8 Å². The van der Waals surface area contributed by atoms with Crippen LogP contribution in [0.4, 0.5) is 0 Å². The van der Waals surface area contributed by atoms with Crippen molar-refractivity contribution in [2.75, 3.05) is 13.7 Å². The van der Waals surface area contributed by atoms with Gasteiger partial charge < -0.3 is 14.7 Å². The van der Waals surface area contributed by atoms with Gasteiger partial charge in [-0.15, -0.1) is 0 Å². The number of hydrogen-bond donors (Lipinski definition) is 1. The number of benzene rings is 1. The predicted octanol–water partition coefficient (Wildman–Crippen LogP) is 2.00. The molecule has 1 heterocycles. The minimum atomic E-state index is -0.447. The Kier molecular flexibility index (Phi) is 4.33. The summed E-state index contributed by atoms with van der Waals surface area (Å²) in [5.41, 5.74) is 0.675. The monoisotopic (exact) mass is 277 g/mol. The normalized spacial score (nSPS) is 21.0. The molecule has 0 aromatic heterocycles. The standard InChI is InChI=1S/C16H23NO3/c1-16(2)14(18)10-11-17(16)15(19)9-6-12-4-7-13(20-3)8-5-12/h4-5,7-8,14,18H,6,9-11H2,1-3H3. The second-order valence-electron chi connectivity index (χ2n) is 5.85. The van der Waals surface area contributed by atoms with Gasteiger partial charge in [-0.3, -0.25) is 4.79 Å². The largest absolute Gasteiger partial charge is 0.497 e. The lowest BCUT2D eigenvalue weighted by Gasteiger charge is -2.33. The van der Waals surface area contributed by atoms with Crippen molar-refractivity contribution in [3.63, 3.8) is 0 Å². The van der Waals surface area contributed by atoms with E-state index in [4.69, 9.17) is 4.74 Å². The quantitative estimate of drug-likeness (QED) is 0.915. The van der Waals surface area contributed by atoms with E-state index >= 15 is 0 Å². The summed E-state index contributed by atoms with van der Waals surface area (Å²) < 4.78 is 5.11. The molecule has 1 amide bonds. The fourth-order valence-electron chi connectivity index (χ4n) is 2.70. The first-order valence-electron chi connectivity index (χ1n) is 7.06. The maximum Gasteiger partial charge on any atom is 0.223 e. The van der Waals surface area contributed by atoms with E-state index in [2.05, 4.69) is 0 Å². The fourth-order valence-corrected chi connectivity index (χ4v) is 2.70. The molecule has 4 heteroatoms. The van der Waals surface area contributed by atoms with Crippen molar-refractivity contribution < 1.29 is 14.6 Å². The Morgan fingerprint density at radius 1 is 1.40 bits per heavy atom. The third kappa shape index (κ3) is 2.96. The van der Waals surface area contributed by atoms with Crippen molar-refractivity contribution in [3.05, 3.63) is 29.8 Å². The summed E-state index contributed by atoms with van der Waals surface area (Å²) >= 11 is 0. The number of carbonyl (C=O) groups excluding carboxylic acids is 1. The molecule has 2 rings (SSSR count). The number of likely N-dealkylation sites (tertiary alicyclic amines) is 1. The van der Waals surface area contributed by atoms with E-state index in [0.717, 1.165) is 11.3 Å². The van der Waals surface area contributed by atoms with Crippen LogP contribution in [-0.2, 0) is 11.2 Å². The van der Waals surface area contributed by atoms with Gasteiger partial charge in [-0.25, -0.2) is 0 Å². The zero-order valence-corrected chi connectivity index (χ0v) is 12.4. The van der Waals surface area contributed by atoms with Crippen LogP contribution >= 0.6 is 0 Å². The number of amides is 1. The third-order valence-corrected chi connectivity index (χ3v) is 4.22. The molecule has 0 spiro atoms. The van der Waals surface area contributed by atoms with Gasteiger partial charge in [-0.1, -0.05) is 12.1 Å². The number of methoxy groups -OCH3 is 1. The van der Waals surface area contributed by atoms with Crippen molar-refractivity contribution >= 4 is 5.91 Å². The second kappa shape index (κ2) is 5.83. The zero-order valence-electron chi connectivity index (χ0n) is 12.4. The molecule has 1 aromatic carbocycles. The zero-order chi connectivity index (χ0) is 14.8. The van der Waals surface area contributed by atoms with Crippen LogP contribution in [0.15, 0.2) is 24.3 Å². The highest BCUT2D eigenvalue weighted by Gasteiger charge is 2.42. The molecule has 1 aromatic rings. The summed E-state index contributed by atoms with van der Waals surface area (Å²) in [6.07, 6.45) is 1.43. The summed E-state index contributed by atoms with van der Waals surface area (Å²) in [6.45, 7) is 4.50. The highest BCUT2D eigenvalue weighted by atomic mass is 16.5. The van der Waals surface area contributed by atoms with Crippen LogP contribution < -0.4 is 4.74 Å². The molecule has 0 saturated carbocycles. The van der Waals surface area contributed by atoms with Crippen LogP contribution in [0, 0.1) is 0 Å². The Balaban J connectivity index is 1.92. The Bertz CT molecular complexity index is 467. The van der Waals surface area contributed by atoms with E-state index < -0.39 is 11.6 Å². The molecular weight excluding hydrogens is 254 g/mol. The molecule has 1 saturated heterocycles. The smallest absolute Gasteiger partial charge is 0.223 e. The number of aliphatic hydroxyl groups is 1. The molecule has 0 radical (unpaired) electrons. The molecule has 0 bridgehead atoms. The molecule has 20 heavy (non-hydrogen) atoms. The van der Waals surface area contributed by atoms with Gasteiger partial charge in [-0.05, 0) is 44.4 Å². The second-order valence-corrected chi connectivity index (χ2v) is 5.85. The average molecular weight is 277 g/mol. The summed E-state index contributed by atoms with van der Waals surface area (Å²) in [5, 5.41) is 9.91. The number of rotatable bonds is 4. The lowest BCUT2D eigenvalue weighted by Crippen LogP contribution is -2.48. The first-order chi connectivity index (χ1) is 9.45. The van der Waals surface area contributed by atoms with Gasteiger partial charge >= 0.3 is 0 Å². The van der Waals surface area contributed by atoms with Crippen molar-refractivity contribution in [1.82, 2.24) is 4.90 Å². The molecule has 1 aliphatic heterocycles. The number of hydrogen-bond acceptors (Lipinski definition) is 3. The summed E-state index contributed by atoms with van der Waals surface area (Å²) in [4.78, 5) is 14.1. The van der Waals surface area contributed by atoms with Crippen molar-refractivity contribution in [1.29, 1.82) is 0 Å². The summed E-state index contributed by atoms with van der Waals surface area (Å²) in [5.74, 6) is 0.936. The minimum Gasteiger partial charge on any atom is -0.497 e. The highest BCUT2D eigenvalue weighted by molar-refractivity contribution is 5.77. The number of carbonyl (C=O) groups is 1. The lowest BCUT2D eigenvalue weighted by atomic mass is 9.98. The molecule has 1 fully saturated rings. The first-order valence-corrected chi connectivity index (χ1v) is 7.06. The van der Waals surface area contributed by atoms with Gasteiger partial charge in [0, 0.05) is 13.0 Å². The van der Waals surface area contributed by atoms with Gasteiger partial charge in [0.25, 0.3) is 0 Å².